The van der Waals surface area contributed by atoms with Crippen LogP contribution >= 0.6 is 11.3 Å². The second-order valence-corrected chi connectivity index (χ2v) is 12.9. The summed E-state index contributed by atoms with van der Waals surface area (Å²) < 4.78 is 26.8. The zero-order chi connectivity index (χ0) is 29.4. The zero-order valence-corrected chi connectivity index (χ0v) is 25.3. The first-order valence-electron chi connectivity index (χ1n) is 14.9. The fourth-order valence-electron chi connectivity index (χ4n) is 6.87. The van der Waals surface area contributed by atoms with Crippen LogP contribution in [0.3, 0.4) is 0 Å². The highest BCUT2D eigenvalue weighted by Crippen LogP contribution is 2.45. The zero-order valence-electron chi connectivity index (χ0n) is 24.5. The summed E-state index contributed by atoms with van der Waals surface area (Å²) in [6, 6.07) is 11.5. The van der Waals surface area contributed by atoms with Gasteiger partial charge < -0.3 is 19.3 Å². The van der Waals surface area contributed by atoms with Crippen molar-refractivity contribution in [1.29, 1.82) is 0 Å². The summed E-state index contributed by atoms with van der Waals surface area (Å²) in [6.07, 6.45) is 5.26. The number of carbonyl (C=O) groups excluding carboxylic acids is 2. The molecule has 3 heterocycles. The van der Waals surface area contributed by atoms with Crippen LogP contribution in [0.2, 0.25) is 0 Å². The maximum Gasteiger partial charge on any atom is 0.309 e. The molecule has 1 aromatic heterocycles. The van der Waals surface area contributed by atoms with Crippen LogP contribution in [-0.4, -0.2) is 55.0 Å². The molecule has 2 aromatic carbocycles. The Morgan fingerprint density at radius 3 is 2.45 bits per heavy atom. The molecule has 222 valence electrons. The Balaban J connectivity index is 1.18. The molecule has 1 aliphatic carbocycles. The Morgan fingerprint density at radius 1 is 1.02 bits per heavy atom. The van der Waals surface area contributed by atoms with Crippen LogP contribution in [-0.2, 0) is 16.1 Å². The number of aryl methyl sites for hydroxylation is 2. The van der Waals surface area contributed by atoms with Gasteiger partial charge in [-0.2, -0.15) is 4.39 Å². The van der Waals surface area contributed by atoms with Crippen LogP contribution in [0.5, 0.6) is 5.75 Å². The monoisotopic (exact) mass is 591 g/mol. The van der Waals surface area contributed by atoms with Crippen LogP contribution < -0.4 is 9.64 Å². The number of hydrogen-bond acceptors (Lipinski definition) is 7. The Labute approximate surface area is 250 Å². The Morgan fingerprint density at radius 2 is 1.76 bits per heavy atom. The maximum atomic E-state index is 15.5. The molecule has 42 heavy (non-hydrogen) atoms. The number of nitrogens with zero attached hydrogens (tertiary/aromatic N) is 3. The summed E-state index contributed by atoms with van der Waals surface area (Å²) in [5.41, 5.74) is 4.56. The van der Waals surface area contributed by atoms with Gasteiger partial charge in [-0.1, -0.05) is 29.0 Å². The minimum Gasteiger partial charge on any atom is -0.488 e. The van der Waals surface area contributed by atoms with Gasteiger partial charge in [-0.25, -0.2) is 4.98 Å². The number of carbonyl (C=O) groups is 2. The lowest BCUT2D eigenvalue weighted by Crippen LogP contribution is -2.45. The van der Waals surface area contributed by atoms with Crippen molar-refractivity contribution >= 4 is 28.3 Å². The fraction of sp³-hybridized carbons (Fsp3) is 0.485. The van der Waals surface area contributed by atoms with Gasteiger partial charge in [-0.05, 0) is 93.2 Å². The van der Waals surface area contributed by atoms with E-state index in [0.717, 1.165) is 66.8 Å². The van der Waals surface area contributed by atoms with Crippen LogP contribution in [0.4, 0.5) is 9.52 Å². The molecule has 9 heteroatoms. The largest absolute Gasteiger partial charge is 0.488 e. The highest BCUT2D eigenvalue weighted by molar-refractivity contribution is 7.14. The number of esters is 1. The fourth-order valence-corrected chi connectivity index (χ4v) is 7.70. The predicted octanol–water partition coefficient (Wildman–Crippen LogP) is 6.41. The number of anilines is 1. The number of benzene rings is 2. The van der Waals surface area contributed by atoms with E-state index in [1.54, 1.807) is 0 Å². The number of amides is 1. The van der Waals surface area contributed by atoms with Crippen molar-refractivity contribution in [2.45, 2.75) is 52.6 Å². The first-order valence-corrected chi connectivity index (χ1v) is 15.8. The lowest BCUT2D eigenvalue weighted by Gasteiger charge is -2.36. The Bertz CT molecular complexity index is 1470. The van der Waals surface area contributed by atoms with Crippen molar-refractivity contribution in [3.05, 3.63) is 63.8 Å². The molecule has 1 saturated carbocycles. The van der Waals surface area contributed by atoms with E-state index in [-0.39, 0.29) is 40.5 Å². The van der Waals surface area contributed by atoms with Gasteiger partial charge in [-0.3, -0.25) is 9.59 Å². The third kappa shape index (κ3) is 5.63. The molecule has 6 rings (SSSR count). The topological polar surface area (TPSA) is 72.0 Å². The number of hydrogen-bond donors (Lipinski definition) is 0. The van der Waals surface area contributed by atoms with Gasteiger partial charge in [0.2, 0.25) is 5.13 Å². The lowest BCUT2D eigenvalue weighted by molar-refractivity contribution is -0.148. The maximum absolute atomic E-state index is 15.5. The van der Waals surface area contributed by atoms with Crippen molar-refractivity contribution in [2.75, 3.05) is 38.2 Å². The van der Waals surface area contributed by atoms with Crippen molar-refractivity contribution < 1.29 is 23.5 Å². The molecule has 2 saturated heterocycles. The number of likely N-dealkylation sites (tertiary alicyclic amines) is 1. The van der Waals surface area contributed by atoms with Gasteiger partial charge >= 0.3 is 5.97 Å². The quantitative estimate of drug-likeness (QED) is 0.296. The molecule has 7 nitrogen and oxygen atoms in total. The molecule has 2 unspecified atom stereocenters. The van der Waals surface area contributed by atoms with E-state index in [0.29, 0.717) is 41.7 Å². The van der Waals surface area contributed by atoms with Gasteiger partial charge in [0.1, 0.15) is 18.1 Å². The minimum absolute atomic E-state index is 0.0762. The average Bonchev–Trinajstić information content (AvgIpc) is 3.52. The molecule has 0 N–H and O–H groups in total. The van der Waals surface area contributed by atoms with Gasteiger partial charge in [0, 0.05) is 37.3 Å². The minimum atomic E-state index is -0.348. The van der Waals surface area contributed by atoms with Crippen molar-refractivity contribution in [3.8, 4) is 17.0 Å². The smallest absolute Gasteiger partial charge is 0.309 e. The molecule has 1 amide bonds. The molecule has 0 radical (unpaired) electrons. The highest BCUT2D eigenvalue weighted by Gasteiger charge is 2.47. The first-order chi connectivity index (χ1) is 20.3. The summed E-state index contributed by atoms with van der Waals surface area (Å²) >= 11 is 1.05. The van der Waals surface area contributed by atoms with E-state index in [1.807, 2.05) is 55.1 Å². The number of halogens is 1. The number of methoxy groups -OCH3 is 1. The third-order valence-electron chi connectivity index (χ3n) is 9.16. The number of piperidine rings is 2. The van der Waals surface area contributed by atoms with Crippen LogP contribution in [0, 0.1) is 36.7 Å². The summed E-state index contributed by atoms with van der Waals surface area (Å²) in [5.74, 6) is 0.849. The average molecular weight is 592 g/mol. The number of ether oxygens (including phenoxy) is 2. The molecule has 3 aliphatic rings. The van der Waals surface area contributed by atoms with Crippen molar-refractivity contribution in [2.24, 2.45) is 17.8 Å². The van der Waals surface area contributed by atoms with Gasteiger partial charge in [0.25, 0.3) is 5.91 Å². The van der Waals surface area contributed by atoms with Gasteiger partial charge in [0.15, 0.2) is 5.13 Å². The Hall–Kier alpha value is -3.46. The lowest BCUT2D eigenvalue weighted by atomic mass is 9.85. The second kappa shape index (κ2) is 12.0. The van der Waals surface area contributed by atoms with E-state index in [1.165, 1.54) is 13.5 Å². The standard InChI is InChI=1S/C33H38FN3O4S/c1-20-7-12-27(41-19-25-11-8-22(16-21(25)2)31(38)36-13-5-4-6-14-36)26(15-20)29-30(34)42-33(35-29)37-17-23-9-10-24(18-37)28(23)32(39)40-3/h7-8,11-12,15-16,23-24,28H,4-6,9-10,13-14,17-19H2,1-3H3. The van der Waals surface area contributed by atoms with Crippen LogP contribution in [0.15, 0.2) is 36.4 Å². The summed E-state index contributed by atoms with van der Waals surface area (Å²) in [6.45, 7) is 7.25. The van der Waals surface area contributed by atoms with Crippen LogP contribution in [0.1, 0.15) is 59.2 Å². The SMILES string of the molecule is COC(=O)C1C2CCC1CN(c1nc(-c3cc(C)ccc3OCc3ccc(C(=O)N4CCCCC4)cc3C)c(F)s1)C2. The molecule has 0 spiro atoms. The van der Waals surface area contributed by atoms with Crippen LogP contribution in [0.25, 0.3) is 11.3 Å². The van der Waals surface area contributed by atoms with Gasteiger partial charge in [0.05, 0.1) is 13.0 Å². The first kappa shape index (κ1) is 28.6. The van der Waals surface area contributed by atoms with Crippen molar-refractivity contribution in [1.82, 2.24) is 9.88 Å². The van der Waals surface area contributed by atoms with E-state index in [2.05, 4.69) is 4.90 Å². The molecule has 2 atom stereocenters. The molecular formula is C33H38FN3O4S. The number of fused-ring (bicyclic) bond motifs is 2. The van der Waals surface area contributed by atoms with E-state index in [4.69, 9.17) is 14.5 Å². The van der Waals surface area contributed by atoms with Crippen molar-refractivity contribution in [3.63, 3.8) is 0 Å². The van der Waals surface area contributed by atoms with E-state index >= 15 is 4.39 Å². The molecule has 2 bridgehead atoms. The number of aromatic nitrogens is 1. The normalized spacial score (nSPS) is 21.9. The highest BCUT2D eigenvalue weighted by atomic mass is 32.1. The number of rotatable bonds is 7. The summed E-state index contributed by atoms with van der Waals surface area (Å²) in [7, 11) is 1.45. The molecule has 3 aromatic rings. The van der Waals surface area contributed by atoms with E-state index < -0.39 is 0 Å². The second-order valence-electron chi connectivity index (χ2n) is 12.0. The van der Waals surface area contributed by atoms with E-state index in [9.17, 15) is 9.59 Å². The molecule has 3 fully saturated rings. The Kier molecular flexibility index (Phi) is 8.21. The summed E-state index contributed by atoms with van der Waals surface area (Å²) in [5, 5.41) is 0.291. The number of thiazole rings is 1. The summed E-state index contributed by atoms with van der Waals surface area (Å²) in [4.78, 5) is 34.1. The molecule has 2 aliphatic heterocycles. The predicted molar refractivity (Wildman–Crippen MR) is 161 cm³/mol. The molecular weight excluding hydrogens is 553 g/mol. The van der Waals surface area contributed by atoms with Gasteiger partial charge in [-0.15, -0.1) is 0 Å². The third-order valence-corrected chi connectivity index (χ3v) is 10.1.